The standard InChI is InChI=1S/C12H15ClN2O3/c1-14-5-8-2-3-11(10(13)4-8)17-7-9-6-15-12(16)18-9/h2-4,9,14H,5-7H2,1H3,(H,15,16). The summed E-state index contributed by atoms with van der Waals surface area (Å²) in [6, 6.07) is 5.61. The lowest BCUT2D eigenvalue weighted by Gasteiger charge is -2.12. The molecule has 18 heavy (non-hydrogen) atoms. The van der Waals surface area contributed by atoms with Crippen LogP contribution in [0.1, 0.15) is 5.56 Å². The molecule has 1 saturated heterocycles. The topological polar surface area (TPSA) is 59.6 Å². The molecule has 2 N–H and O–H groups in total. The number of amides is 1. The monoisotopic (exact) mass is 270 g/mol. The minimum absolute atomic E-state index is 0.259. The SMILES string of the molecule is CNCc1ccc(OCC2CNC(=O)O2)c(Cl)c1. The fourth-order valence-corrected chi connectivity index (χ4v) is 1.94. The minimum atomic E-state index is -0.404. The maximum atomic E-state index is 10.8. The van der Waals surface area contributed by atoms with Gasteiger partial charge < -0.3 is 20.1 Å². The summed E-state index contributed by atoms with van der Waals surface area (Å²) in [5, 5.41) is 6.17. The molecule has 1 heterocycles. The summed E-state index contributed by atoms with van der Waals surface area (Å²) in [6.45, 7) is 1.52. The van der Waals surface area contributed by atoms with Crippen LogP contribution in [-0.2, 0) is 11.3 Å². The van der Waals surface area contributed by atoms with Crippen LogP contribution in [0.5, 0.6) is 5.75 Å². The number of ether oxygens (including phenoxy) is 2. The predicted molar refractivity (Wildman–Crippen MR) is 68.0 cm³/mol. The van der Waals surface area contributed by atoms with E-state index in [1.54, 1.807) is 0 Å². The zero-order chi connectivity index (χ0) is 13.0. The van der Waals surface area contributed by atoms with Gasteiger partial charge in [-0.25, -0.2) is 4.79 Å². The average molecular weight is 271 g/mol. The molecule has 1 aromatic rings. The third-order valence-corrected chi connectivity index (χ3v) is 2.85. The highest BCUT2D eigenvalue weighted by atomic mass is 35.5. The zero-order valence-corrected chi connectivity index (χ0v) is 10.8. The summed E-state index contributed by atoms with van der Waals surface area (Å²) in [7, 11) is 1.87. The van der Waals surface area contributed by atoms with Gasteiger partial charge in [0.15, 0.2) is 6.10 Å². The second kappa shape index (κ2) is 5.93. The number of nitrogens with one attached hydrogen (secondary N) is 2. The first-order valence-electron chi connectivity index (χ1n) is 5.69. The molecule has 0 aliphatic carbocycles. The lowest BCUT2D eigenvalue weighted by atomic mass is 10.2. The Morgan fingerprint density at radius 2 is 2.44 bits per heavy atom. The van der Waals surface area contributed by atoms with Crippen molar-refractivity contribution in [1.82, 2.24) is 10.6 Å². The molecule has 1 unspecified atom stereocenters. The largest absolute Gasteiger partial charge is 0.488 e. The van der Waals surface area contributed by atoms with Crippen LogP contribution in [0.25, 0.3) is 0 Å². The molecule has 0 bridgehead atoms. The zero-order valence-electron chi connectivity index (χ0n) is 10.0. The Bertz CT molecular complexity index is 439. The first kappa shape index (κ1) is 13.0. The Kier molecular flexibility index (Phi) is 4.28. The van der Waals surface area contributed by atoms with Gasteiger partial charge in [0.2, 0.25) is 0 Å². The van der Waals surface area contributed by atoms with Crippen LogP contribution in [0.4, 0.5) is 4.79 Å². The molecular weight excluding hydrogens is 256 g/mol. The number of alkyl carbamates (subject to hydrolysis) is 1. The molecule has 1 fully saturated rings. The van der Waals surface area contributed by atoms with Crippen molar-refractivity contribution < 1.29 is 14.3 Å². The van der Waals surface area contributed by atoms with E-state index in [4.69, 9.17) is 21.1 Å². The number of carbonyl (C=O) groups is 1. The molecule has 0 radical (unpaired) electrons. The van der Waals surface area contributed by atoms with Crippen LogP contribution in [0, 0.1) is 0 Å². The Morgan fingerprint density at radius 3 is 3.06 bits per heavy atom. The Hall–Kier alpha value is -1.46. The van der Waals surface area contributed by atoms with Gasteiger partial charge in [0.1, 0.15) is 12.4 Å². The number of carbonyl (C=O) groups excluding carboxylic acids is 1. The van der Waals surface area contributed by atoms with E-state index >= 15 is 0 Å². The first-order valence-corrected chi connectivity index (χ1v) is 6.07. The smallest absolute Gasteiger partial charge is 0.407 e. The van der Waals surface area contributed by atoms with E-state index in [1.165, 1.54) is 0 Å². The van der Waals surface area contributed by atoms with E-state index in [-0.39, 0.29) is 6.10 Å². The van der Waals surface area contributed by atoms with Crippen molar-refractivity contribution in [3.05, 3.63) is 28.8 Å². The summed E-state index contributed by atoms with van der Waals surface area (Å²) in [5.74, 6) is 0.597. The van der Waals surface area contributed by atoms with Crippen LogP contribution in [0.2, 0.25) is 5.02 Å². The third-order valence-electron chi connectivity index (χ3n) is 2.55. The van der Waals surface area contributed by atoms with E-state index in [1.807, 2.05) is 25.2 Å². The molecule has 2 rings (SSSR count). The average Bonchev–Trinajstić information content (AvgIpc) is 2.74. The Balaban J connectivity index is 1.91. The lowest BCUT2D eigenvalue weighted by Crippen LogP contribution is -2.22. The van der Waals surface area contributed by atoms with E-state index in [0.717, 1.165) is 12.1 Å². The number of hydrogen-bond donors (Lipinski definition) is 2. The van der Waals surface area contributed by atoms with Crippen molar-refractivity contribution in [1.29, 1.82) is 0 Å². The highest BCUT2D eigenvalue weighted by Gasteiger charge is 2.23. The second-order valence-electron chi connectivity index (χ2n) is 4.01. The fourth-order valence-electron chi connectivity index (χ4n) is 1.68. The van der Waals surface area contributed by atoms with Gasteiger partial charge in [-0.1, -0.05) is 17.7 Å². The number of halogens is 1. The maximum absolute atomic E-state index is 10.8. The molecule has 1 atom stereocenters. The predicted octanol–water partition coefficient (Wildman–Crippen LogP) is 1.55. The van der Waals surface area contributed by atoms with E-state index in [2.05, 4.69) is 10.6 Å². The molecule has 1 aliphatic rings. The molecule has 5 nitrogen and oxygen atoms in total. The third kappa shape index (κ3) is 3.27. The molecule has 1 amide bonds. The number of benzene rings is 1. The normalized spacial score (nSPS) is 18.3. The van der Waals surface area contributed by atoms with Gasteiger partial charge in [-0.2, -0.15) is 0 Å². The van der Waals surface area contributed by atoms with Crippen molar-refractivity contribution in [3.63, 3.8) is 0 Å². The fraction of sp³-hybridized carbons (Fsp3) is 0.417. The first-order chi connectivity index (χ1) is 8.69. The van der Waals surface area contributed by atoms with Crippen molar-refractivity contribution in [2.75, 3.05) is 20.2 Å². The molecule has 0 saturated carbocycles. The number of rotatable bonds is 5. The molecule has 6 heteroatoms. The van der Waals surface area contributed by atoms with E-state index < -0.39 is 6.09 Å². The van der Waals surface area contributed by atoms with Gasteiger partial charge >= 0.3 is 6.09 Å². The van der Waals surface area contributed by atoms with Crippen molar-refractivity contribution in [2.24, 2.45) is 0 Å². The van der Waals surface area contributed by atoms with Gasteiger partial charge in [-0.3, -0.25) is 0 Å². The molecule has 0 aromatic heterocycles. The molecular formula is C12H15ClN2O3. The van der Waals surface area contributed by atoms with Gasteiger partial charge in [-0.15, -0.1) is 0 Å². The maximum Gasteiger partial charge on any atom is 0.407 e. The number of cyclic esters (lactones) is 1. The summed E-state index contributed by atoms with van der Waals surface area (Å²) in [6.07, 6.45) is -0.662. The summed E-state index contributed by atoms with van der Waals surface area (Å²) >= 11 is 6.10. The lowest BCUT2D eigenvalue weighted by molar-refractivity contribution is 0.105. The molecule has 98 valence electrons. The molecule has 1 aliphatic heterocycles. The summed E-state index contributed by atoms with van der Waals surface area (Å²) in [5.41, 5.74) is 1.09. The molecule has 1 aromatic carbocycles. The Morgan fingerprint density at radius 1 is 1.61 bits per heavy atom. The van der Waals surface area contributed by atoms with Gasteiger partial charge in [-0.05, 0) is 24.7 Å². The van der Waals surface area contributed by atoms with E-state index in [9.17, 15) is 4.79 Å². The van der Waals surface area contributed by atoms with Gasteiger partial charge in [0.25, 0.3) is 0 Å². The number of hydrogen-bond acceptors (Lipinski definition) is 4. The van der Waals surface area contributed by atoms with Gasteiger partial charge in [0.05, 0.1) is 11.6 Å². The van der Waals surface area contributed by atoms with Crippen molar-refractivity contribution >= 4 is 17.7 Å². The second-order valence-corrected chi connectivity index (χ2v) is 4.42. The Labute approximate surface area is 110 Å². The highest BCUT2D eigenvalue weighted by molar-refractivity contribution is 6.32. The van der Waals surface area contributed by atoms with Crippen LogP contribution in [0.3, 0.4) is 0 Å². The quantitative estimate of drug-likeness (QED) is 0.852. The summed E-state index contributed by atoms with van der Waals surface area (Å²) in [4.78, 5) is 10.8. The van der Waals surface area contributed by atoms with Gasteiger partial charge in [0, 0.05) is 6.54 Å². The van der Waals surface area contributed by atoms with Crippen LogP contribution < -0.4 is 15.4 Å². The van der Waals surface area contributed by atoms with Crippen molar-refractivity contribution in [2.45, 2.75) is 12.6 Å². The van der Waals surface area contributed by atoms with Crippen LogP contribution in [0.15, 0.2) is 18.2 Å². The summed E-state index contributed by atoms with van der Waals surface area (Å²) < 4.78 is 10.5. The van der Waals surface area contributed by atoms with Crippen LogP contribution in [-0.4, -0.2) is 32.4 Å². The minimum Gasteiger partial charge on any atom is -0.488 e. The van der Waals surface area contributed by atoms with Crippen LogP contribution >= 0.6 is 11.6 Å². The highest BCUT2D eigenvalue weighted by Crippen LogP contribution is 2.25. The van der Waals surface area contributed by atoms with Crippen molar-refractivity contribution in [3.8, 4) is 5.75 Å². The molecule has 0 spiro atoms. The van der Waals surface area contributed by atoms with E-state index in [0.29, 0.717) is 23.9 Å².